The lowest BCUT2D eigenvalue weighted by Gasteiger charge is -2.11. The van der Waals surface area contributed by atoms with Gasteiger partial charge in [-0.1, -0.05) is 0 Å². The monoisotopic (exact) mass is 285 g/mol. The molecule has 0 fully saturated rings. The second kappa shape index (κ2) is 4.95. The maximum atomic E-state index is 12.6. The van der Waals surface area contributed by atoms with Crippen LogP contribution >= 0.6 is 0 Å². The summed E-state index contributed by atoms with van der Waals surface area (Å²) in [5.41, 5.74) is -0.175. The first kappa shape index (κ1) is 14.0. The van der Waals surface area contributed by atoms with Crippen molar-refractivity contribution in [3.8, 4) is 5.75 Å². The van der Waals surface area contributed by atoms with Crippen molar-refractivity contribution in [2.45, 2.75) is 19.5 Å². The van der Waals surface area contributed by atoms with Crippen LogP contribution in [0.15, 0.2) is 29.0 Å². The summed E-state index contributed by atoms with van der Waals surface area (Å²) in [6.07, 6.45) is -2.38. The van der Waals surface area contributed by atoms with Crippen LogP contribution in [0.2, 0.25) is 0 Å². The topological polar surface area (TPSA) is 74.6 Å². The summed E-state index contributed by atoms with van der Waals surface area (Å²) < 4.78 is 37.8. The molecule has 8 heteroatoms. The molecule has 1 amide bonds. The number of nitrogens with zero attached hydrogens (tertiary/aromatic N) is 2. The van der Waals surface area contributed by atoms with Crippen LogP contribution in [-0.2, 0) is 11.0 Å². The summed E-state index contributed by atoms with van der Waals surface area (Å²) in [5.74, 6) is -1.85. The molecule has 2 heterocycles. The van der Waals surface area contributed by atoms with Gasteiger partial charge in [-0.15, -0.1) is 0 Å². The molecule has 0 saturated carbocycles. The number of amides is 1. The highest BCUT2D eigenvalue weighted by molar-refractivity contribution is 6.08. The highest BCUT2D eigenvalue weighted by Gasteiger charge is 2.34. The maximum absolute atomic E-state index is 12.6. The highest BCUT2D eigenvalue weighted by atomic mass is 19.4. The van der Waals surface area contributed by atoms with Gasteiger partial charge in [-0.25, -0.2) is 4.98 Å². The van der Waals surface area contributed by atoms with Gasteiger partial charge in [-0.2, -0.15) is 13.2 Å². The van der Waals surface area contributed by atoms with E-state index in [-0.39, 0.29) is 5.82 Å². The summed E-state index contributed by atoms with van der Waals surface area (Å²) in [6.45, 7) is 1.73. The number of hydrogen-bond acceptors (Lipinski definition) is 4. The number of nitrogens with one attached hydrogen (secondary N) is 1. The van der Waals surface area contributed by atoms with E-state index in [2.05, 4.69) is 15.3 Å². The van der Waals surface area contributed by atoms with Crippen molar-refractivity contribution < 1.29 is 23.1 Å². The van der Waals surface area contributed by atoms with Crippen molar-refractivity contribution in [3.05, 3.63) is 29.6 Å². The predicted octanol–water partition coefficient (Wildman–Crippen LogP) is 2.49. The Bertz CT molecular complexity index is 621. The number of rotatable bonds is 2. The molecule has 1 aromatic heterocycles. The number of pyridine rings is 1. The fraction of sp³-hybridized carbons (Fsp3) is 0.250. The minimum Gasteiger partial charge on any atom is -0.506 e. The summed E-state index contributed by atoms with van der Waals surface area (Å²) in [5, 5.41) is 11.4. The van der Waals surface area contributed by atoms with E-state index in [9.17, 15) is 18.0 Å². The van der Waals surface area contributed by atoms with Gasteiger partial charge in [0.2, 0.25) is 0 Å². The number of aromatic nitrogens is 1. The van der Waals surface area contributed by atoms with Gasteiger partial charge >= 0.3 is 6.18 Å². The second-order valence-corrected chi connectivity index (χ2v) is 4.23. The van der Waals surface area contributed by atoms with E-state index < -0.39 is 23.4 Å². The number of aromatic hydroxyl groups is 1. The van der Waals surface area contributed by atoms with E-state index in [0.717, 1.165) is 5.71 Å². The van der Waals surface area contributed by atoms with Crippen LogP contribution in [0.25, 0.3) is 0 Å². The van der Waals surface area contributed by atoms with Crippen LogP contribution in [0.3, 0.4) is 0 Å². The van der Waals surface area contributed by atoms with E-state index in [1.165, 1.54) is 6.20 Å². The molecule has 20 heavy (non-hydrogen) atoms. The zero-order valence-corrected chi connectivity index (χ0v) is 10.3. The number of carbonyl (C=O) groups is 1. The van der Waals surface area contributed by atoms with Gasteiger partial charge in [0.15, 0.2) is 0 Å². The van der Waals surface area contributed by atoms with Gasteiger partial charge in [0.1, 0.15) is 17.1 Å². The van der Waals surface area contributed by atoms with Crippen molar-refractivity contribution in [3.63, 3.8) is 0 Å². The molecule has 2 N–H and O–H groups in total. The van der Waals surface area contributed by atoms with Gasteiger partial charge in [0.05, 0.1) is 6.20 Å². The van der Waals surface area contributed by atoms with Crippen LogP contribution in [-0.4, -0.2) is 21.7 Å². The molecule has 2 rings (SSSR count). The quantitative estimate of drug-likeness (QED) is 0.876. The van der Waals surface area contributed by atoms with Crippen molar-refractivity contribution in [1.29, 1.82) is 0 Å². The third-order valence-electron chi connectivity index (χ3n) is 2.61. The Labute approximate surface area is 111 Å². The number of anilines is 1. The molecule has 0 saturated heterocycles. The summed E-state index contributed by atoms with van der Waals surface area (Å²) in [4.78, 5) is 19.2. The van der Waals surface area contributed by atoms with E-state index in [1.807, 2.05) is 0 Å². The Morgan fingerprint density at radius 3 is 2.70 bits per heavy atom. The fourth-order valence-corrected chi connectivity index (χ4v) is 1.63. The number of halogens is 3. The summed E-state index contributed by atoms with van der Waals surface area (Å²) in [7, 11) is 0. The van der Waals surface area contributed by atoms with E-state index >= 15 is 0 Å². The predicted molar refractivity (Wildman–Crippen MR) is 65.3 cm³/mol. The average molecular weight is 285 g/mol. The molecule has 1 aromatic rings. The minimum absolute atomic E-state index is 0.287. The van der Waals surface area contributed by atoms with Crippen LogP contribution < -0.4 is 5.32 Å². The van der Waals surface area contributed by atoms with Gasteiger partial charge in [-0.05, 0) is 13.0 Å². The molecule has 106 valence electrons. The molecule has 1 aliphatic rings. The van der Waals surface area contributed by atoms with Gasteiger partial charge < -0.3 is 10.4 Å². The minimum atomic E-state index is -4.72. The molecular formula is C12H10F3N3O2. The molecule has 0 atom stereocenters. The first-order valence-electron chi connectivity index (χ1n) is 5.57. The molecule has 5 nitrogen and oxygen atoms in total. The highest BCUT2D eigenvalue weighted by Crippen LogP contribution is 2.36. The fourth-order valence-electron chi connectivity index (χ4n) is 1.63. The third-order valence-corrected chi connectivity index (χ3v) is 2.61. The molecule has 0 unspecified atom stereocenters. The zero-order chi connectivity index (χ0) is 14.9. The van der Waals surface area contributed by atoms with E-state index in [4.69, 9.17) is 5.11 Å². The average Bonchev–Trinajstić information content (AvgIpc) is 2.77. The van der Waals surface area contributed by atoms with Crippen molar-refractivity contribution in [2.75, 3.05) is 5.32 Å². The van der Waals surface area contributed by atoms with Crippen LogP contribution in [0, 0.1) is 0 Å². The Balaban J connectivity index is 2.17. The maximum Gasteiger partial charge on any atom is 0.420 e. The first-order valence-corrected chi connectivity index (χ1v) is 5.57. The summed E-state index contributed by atoms with van der Waals surface area (Å²) >= 11 is 0. The Kier molecular flexibility index (Phi) is 3.47. The summed E-state index contributed by atoms with van der Waals surface area (Å²) in [6, 6.07) is 0.580. The van der Waals surface area contributed by atoms with E-state index in [1.54, 1.807) is 6.92 Å². The van der Waals surface area contributed by atoms with Crippen LogP contribution in [0.5, 0.6) is 5.75 Å². The van der Waals surface area contributed by atoms with Crippen molar-refractivity contribution >= 4 is 17.4 Å². The molecule has 1 aliphatic heterocycles. The lowest BCUT2D eigenvalue weighted by atomic mass is 10.1. The standard InChI is InChI=1S/C12H10F3N3O2/c1-6-2-7(4-16-6)11(20)18-10-3-8(12(13,14)15)9(19)5-17-10/h3-5,19H,2H2,1H3,(H,17,18,20). The van der Waals surface area contributed by atoms with E-state index in [0.29, 0.717) is 24.3 Å². The number of aliphatic imine (C=N–C) groups is 1. The van der Waals surface area contributed by atoms with Gasteiger partial charge in [0, 0.05) is 23.9 Å². The van der Waals surface area contributed by atoms with Crippen LogP contribution in [0.4, 0.5) is 19.0 Å². The largest absolute Gasteiger partial charge is 0.506 e. The Morgan fingerprint density at radius 2 is 2.15 bits per heavy atom. The SMILES string of the molecule is CC1=NC=C(C(=O)Nc2cc(C(F)(F)F)c(O)cn2)C1. The molecule has 0 aromatic carbocycles. The lowest BCUT2D eigenvalue weighted by Crippen LogP contribution is -2.16. The smallest absolute Gasteiger partial charge is 0.420 e. The first-order chi connectivity index (χ1) is 9.27. The lowest BCUT2D eigenvalue weighted by molar-refractivity contribution is -0.138. The molecule has 0 aliphatic carbocycles. The van der Waals surface area contributed by atoms with Crippen LogP contribution in [0.1, 0.15) is 18.9 Å². The Morgan fingerprint density at radius 1 is 1.45 bits per heavy atom. The zero-order valence-electron chi connectivity index (χ0n) is 10.3. The van der Waals surface area contributed by atoms with Gasteiger partial charge in [-0.3, -0.25) is 9.79 Å². The molecule has 0 bridgehead atoms. The second-order valence-electron chi connectivity index (χ2n) is 4.23. The number of alkyl halides is 3. The molecule has 0 radical (unpaired) electrons. The Hall–Kier alpha value is -2.38. The van der Waals surface area contributed by atoms with Crippen molar-refractivity contribution in [2.24, 2.45) is 4.99 Å². The third kappa shape index (κ3) is 2.95. The number of hydrogen-bond donors (Lipinski definition) is 2. The molecule has 0 spiro atoms. The normalized spacial score (nSPS) is 14.8. The van der Waals surface area contributed by atoms with Crippen molar-refractivity contribution in [1.82, 2.24) is 4.98 Å². The molecular weight excluding hydrogens is 275 g/mol. The number of carbonyl (C=O) groups excluding carboxylic acids is 1. The van der Waals surface area contributed by atoms with Gasteiger partial charge in [0.25, 0.3) is 5.91 Å².